The Morgan fingerprint density at radius 1 is 0.474 bits per heavy atom. The molecule has 0 saturated heterocycles. The second kappa shape index (κ2) is 13.9. The van der Waals surface area contributed by atoms with Gasteiger partial charge in [-0.3, -0.25) is 0 Å². The van der Waals surface area contributed by atoms with Gasteiger partial charge >= 0.3 is 6.85 Å². The van der Waals surface area contributed by atoms with Crippen LogP contribution in [0.15, 0.2) is 130 Å². The van der Waals surface area contributed by atoms with Gasteiger partial charge in [-0.2, -0.15) is 0 Å². The number of benzene rings is 8. The predicted molar refractivity (Wildman–Crippen MR) is 321 cm³/mol. The first-order valence-electron chi connectivity index (χ1n) is 28.3. The Morgan fingerprint density at radius 2 is 1.05 bits per heavy atom. The quantitative estimate of drug-likeness (QED) is 0.154. The third-order valence-corrected chi connectivity index (χ3v) is 20.4. The molecule has 0 unspecified atom stereocenters. The fraction of sp³-hybridized carbons (Fsp3) is 0.324. The van der Waals surface area contributed by atoms with Crippen molar-refractivity contribution in [2.75, 3.05) is 4.81 Å². The van der Waals surface area contributed by atoms with Gasteiger partial charge in [-0.25, -0.2) is 0 Å². The zero-order chi connectivity index (χ0) is 52.3. The Labute approximate surface area is 447 Å². The molecule has 2 aliphatic heterocycles. The van der Waals surface area contributed by atoms with Gasteiger partial charge in [-0.15, -0.1) is 0 Å². The summed E-state index contributed by atoms with van der Waals surface area (Å²) in [5.41, 5.74) is 27.7. The van der Waals surface area contributed by atoms with Gasteiger partial charge in [0.2, 0.25) is 0 Å². The van der Waals surface area contributed by atoms with E-state index in [2.05, 4.69) is 221 Å². The van der Waals surface area contributed by atoms with Crippen LogP contribution in [-0.4, -0.2) is 11.4 Å². The maximum absolute atomic E-state index is 7.53. The lowest BCUT2D eigenvalue weighted by molar-refractivity contribution is 0.331. The van der Waals surface area contributed by atoms with E-state index in [0.29, 0.717) is 0 Å². The summed E-state index contributed by atoms with van der Waals surface area (Å²) in [5.74, 6) is 0. The van der Waals surface area contributed by atoms with E-state index in [9.17, 15) is 0 Å². The average Bonchev–Trinajstić information content (AvgIpc) is 4.30. The fourth-order valence-electron chi connectivity index (χ4n) is 15.7. The van der Waals surface area contributed by atoms with Crippen LogP contribution in [-0.2, 0) is 32.5 Å². The molecule has 0 spiro atoms. The molecule has 76 heavy (non-hydrogen) atoms. The summed E-state index contributed by atoms with van der Waals surface area (Å²) in [5, 5.41) is 7.26. The summed E-state index contributed by atoms with van der Waals surface area (Å²) in [6, 6.07) is 47.6. The summed E-state index contributed by atoms with van der Waals surface area (Å²) in [6.07, 6.45) is 4.66. The first-order chi connectivity index (χ1) is 36.0. The van der Waals surface area contributed by atoms with Crippen LogP contribution in [0.1, 0.15) is 155 Å². The molecule has 8 aromatic carbocycles. The Hall–Kier alpha value is -6.98. The highest BCUT2D eigenvalue weighted by Gasteiger charge is 2.50. The van der Waals surface area contributed by atoms with Crippen molar-refractivity contribution in [2.45, 2.75) is 148 Å². The molecule has 0 amide bonds. The van der Waals surface area contributed by atoms with Gasteiger partial charge < -0.3 is 18.2 Å². The number of hydrogen-bond acceptors (Lipinski definition) is 3. The second-order valence-electron chi connectivity index (χ2n) is 28.2. The molecule has 11 aromatic rings. The van der Waals surface area contributed by atoms with E-state index in [1.807, 2.05) is 0 Å². The lowest BCUT2D eigenvalue weighted by Crippen LogP contribution is -2.60. The Kier molecular flexibility index (Phi) is 8.30. The maximum Gasteiger partial charge on any atom is 0.333 e. The minimum absolute atomic E-state index is 0.00348. The summed E-state index contributed by atoms with van der Waals surface area (Å²) in [6.45, 7) is 31.4. The topological polar surface area (TPSA) is 34.5 Å². The number of hydrogen-bond donors (Lipinski definition) is 0. The van der Waals surface area contributed by atoms with Gasteiger partial charge in [0.25, 0.3) is 0 Å². The number of aromatic nitrogens is 1. The lowest BCUT2D eigenvalue weighted by atomic mass is 9.43. The van der Waals surface area contributed by atoms with Crippen LogP contribution in [0.3, 0.4) is 0 Å². The number of fused-ring (bicyclic) bond motifs is 21. The molecule has 0 N–H and O–H groups in total. The largest absolute Gasteiger partial charge is 0.456 e. The van der Waals surface area contributed by atoms with Gasteiger partial charge in [-0.05, 0) is 180 Å². The van der Waals surface area contributed by atoms with Gasteiger partial charge in [0, 0.05) is 65.9 Å². The normalized spacial score (nSPS) is 18.9. The molecule has 376 valence electrons. The maximum atomic E-state index is 7.53. The van der Waals surface area contributed by atoms with E-state index in [4.69, 9.17) is 8.83 Å². The van der Waals surface area contributed by atoms with Gasteiger partial charge in [0.05, 0.1) is 11.0 Å². The molecule has 0 saturated carbocycles. The van der Waals surface area contributed by atoms with E-state index in [0.717, 1.165) is 45.9 Å². The molecule has 0 bridgehead atoms. The van der Waals surface area contributed by atoms with Crippen LogP contribution in [0.2, 0.25) is 0 Å². The van der Waals surface area contributed by atoms with Crippen LogP contribution in [0, 0.1) is 0 Å². The molecule has 5 aliphatic rings. The summed E-state index contributed by atoms with van der Waals surface area (Å²) in [4.78, 5) is 2.72. The summed E-state index contributed by atoms with van der Waals surface area (Å²) < 4.78 is 17.2. The van der Waals surface area contributed by atoms with E-state index < -0.39 is 0 Å². The minimum atomic E-state index is -0.245. The fourth-order valence-corrected chi connectivity index (χ4v) is 15.7. The van der Waals surface area contributed by atoms with Crippen molar-refractivity contribution in [3.8, 4) is 27.9 Å². The van der Waals surface area contributed by atoms with Crippen molar-refractivity contribution >= 4 is 94.8 Å². The summed E-state index contributed by atoms with van der Waals surface area (Å²) in [7, 11) is 0. The average molecular weight is 991 g/mol. The van der Waals surface area contributed by atoms with E-state index in [-0.39, 0.29) is 39.3 Å². The van der Waals surface area contributed by atoms with Crippen LogP contribution in [0.5, 0.6) is 0 Å². The molecule has 5 heteroatoms. The van der Waals surface area contributed by atoms with Crippen molar-refractivity contribution in [1.82, 2.24) is 4.57 Å². The Balaban J connectivity index is 1.12. The van der Waals surface area contributed by atoms with Crippen LogP contribution < -0.4 is 15.7 Å². The summed E-state index contributed by atoms with van der Waals surface area (Å²) >= 11 is 0. The van der Waals surface area contributed by atoms with Gasteiger partial charge in [0.15, 0.2) is 0 Å². The van der Waals surface area contributed by atoms with Gasteiger partial charge in [0.1, 0.15) is 22.3 Å². The standard InChI is InChI=1S/C71H67BN2O2/c1-66(2,3)38-22-24-39(25-23-38)74-55-35-48-42(43-31-49-51(34-47(43)71(48,12)13)69(8,9)28-26-67(49,4)5)30-45(55)62-63-64-60(61-41-19-15-17-21-58(41)76-65(61)62)46-32-50-52(70(10,11)29-27-68(50,6)7)36-54(46)73(64)56-33-44-40-18-14-16-20-57(40)75-59(44)37-53(56)72(63)74/h14-25,30-37H,26-29H2,1-13H3. The van der Waals surface area contributed by atoms with E-state index >= 15 is 0 Å². The number of para-hydroxylation sites is 2. The van der Waals surface area contributed by atoms with Crippen molar-refractivity contribution in [3.63, 3.8) is 0 Å². The number of anilines is 2. The third-order valence-electron chi connectivity index (χ3n) is 20.4. The van der Waals surface area contributed by atoms with Crippen LogP contribution in [0.4, 0.5) is 11.4 Å². The first kappa shape index (κ1) is 45.2. The van der Waals surface area contributed by atoms with Crippen LogP contribution in [0.25, 0.3) is 93.6 Å². The van der Waals surface area contributed by atoms with Crippen LogP contribution >= 0.6 is 0 Å². The lowest BCUT2D eigenvalue weighted by Gasteiger charge is -2.43. The van der Waals surface area contributed by atoms with Gasteiger partial charge in [-0.1, -0.05) is 145 Å². The van der Waals surface area contributed by atoms with E-state index in [1.54, 1.807) is 0 Å². The highest BCUT2D eigenvalue weighted by atomic mass is 16.3. The van der Waals surface area contributed by atoms with Crippen molar-refractivity contribution in [3.05, 3.63) is 160 Å². The Bertz CT molecular complexity index is 4480. The molecular weight excluding hydrogens is 924 g/mol. The van der Waals surface area contributed by atoms with Crippen molar-refractivity contribution < 1.29 is 8.83 Å². The molecule has 0 atom stereocenters. The SMILES string of the molecule is CC(C)(C)c1ccc(N2B3c4cc5oc6ccccc6c5cc4-n4c5cc6c(cc5c5c7c(oc8ccccc87)c(c3c54)-c3cc4c(cc32)C(C)(C)c2cc3c(cc2-4)C(C)(C)CCC3(C)C)C(C)(C)CCC6(C)C)cc1. The highest BCUT2D eigenvalue weighted by molar-refractivity contribution is 6.94. The molecule has 5 heterocycles. The smallest absolute Gasteiger partial charge is 0.333 e. The molecule has 3 aliphatic carbocycles. The molecular formula is C71H67BN2O2. The van der Waals surface area contributed by atoms with Crippen molar-refractivity contribution in [1.29, 1.82) is 0 Å². The second-order valence-corrected chi connectivity index (χ2v) is 28.2. The molecule has 3 aromatic heterocycles. The highest BCUT2D eigenvalue weighted by Crippen LogP contribution is 2.60. The Morgan fingerprint density at radius 3 is 1.72 bits per heavy atom. The monoisotopic (exact) mass is 991 g/mol. The third kappa shape index (κ3) is 5.57. The minimum Gasteiger partial charge on any atom is -0.456 e. The molecule has 0 radical (unpaired) electrons. The first-order valence-corrected chi connectivity index (χ1v) is 28.3. The zero-order valence-corrected chi connectivity index (χ0v) is 46.7. The predicted octanol–water partition coefficient (Wildman–Crippen LogP) is 18.1. The molecule has 0 fully saturated rings. The van der Waals surface area contributed by atoms with Crippen molar-refractivity contribution in [2.24, 2.45) is 0 Å². The van der Waals surface area contributed by atoms with E-state index in [1.165, 1.54) is 135 Å². The number of nitrogens with zero attached hydrogens (tertiary/aromatic N) is 2. The zero-order valence-electron chi connectivity index (χ0n) is 46.7. The molecule has 4 nitrogen and oxygen atoms in total. The molecule has 16 rings (SSSR count). The number of furan rings is 2. The number of rotatable bonds is 1.